The fraction of sp³-hybridized carbons (Fsp3) is 0.487. The quantitative estimate of drug-likeness (QED) is 0.146. The maximum Gasteiger partial charge on any atom is 0.125 e. The predicted octanol–water partition coefficient (Wildman–Crippen LogP) is 3.80. The third kappa shape index (κ3) is 14.1. The summed E-state index contributed by atoms with van der Waals surface area (Å²) in [7, 11) is 5.04. The summed E-state index contributed by atoms with van der Waals surface area (Å²) in [5.74, 6) is 0. The number of aromatic amines is 4. The minimum Gasteiger partial charge on any atom is -0.415 e. The van der Waals surface area contributed by atoms with Gasteiger partial charge in [-0.25, -0.2) is 0 Å². The van der Waals surface area contributed by atoms with Crippen molar-refractivity contribution in [1.82, 2.24) is 78.5 Å². The maximum absolute atomic E-state index is 5.75. The molecule has 27 heteroatoms. The van der Waals surface area contributed by atoms with Gasteiger partial charge in [0, 0.05) is 159 Å². The normalized spacial score (nSPS) is 18.7. The molecule has 0 radical (unpaired) electrons. The SMILES string of the molecule is C.CN=c1n[c-]c2[nH]cnc2[nH]1.CN=c1n[c-]c2ncn(C3CCCCO3)c2[nH]1.CN=c1n[c-]c2ncn(C3CCCCO3)c2[nH]1.Clc1n[c-]c2ncn(C3CCCCO3)c2n1.[W].[W].[W].[W]. The Morgan fingerprint density at radius 2 is 1.02 bits per heavy atom. The molecule has 8 aromatic rings. The van der Waals surface area contributed by atoms with Crippen molar-refractivity contribution in [2.75, 3.05) is 41.0 Å². The third-order valence-corrected chi connectivity index (χ3v) is 10.1. The maximum atomic E-state index is 5.75. The van der Waals surface area contributed by atoms with Gasteiger partial charge in [-0.3, -0.25) is 19.9 Å². The number of nitrogens with one attached hydrogen (secondary N) is 4. The van der Waals surface area contributed by atoms with E-state index in [4.69, 9.17) is 25.8 Å². The molecular formula is C39H48ClN19O3W4-4. The second-order valence-electron chi connectivity index (χ2n) is 13.9. The van der Waals surface area contributed by atoms with Crippen molar-refractivity contribution in [3.8, 4) is 0 Å². The van der Waals surface area contributed by atoms with E-state index in [1.54, 1.807) is 46.5 Å². The van der Waals surface area contributed by atoms with E-state index in [9.17, 15) is 0 Å². The monoisotopic (exact) mass is 1600 g/mol. The van der Waals surface area contributed by atoms with E-state index in [-0.39, 0.29) is 116 Å². The number of fused-ring (bicyclic) bond motifs is 4. The van der Waals surface area contributed by atoms with E-state index in [0.29, 0.717) is 39.1 Å². The molecule has 8 aromatic heterocycles. The van der Waals surface area contributed by atoms with Crippen LogP contribution in [-0.4, -0.2) is 119 Å². The molecule has 11 rings (SSSR count). The number of rotatable bonds is 3. The Labute approximate surface area is 441 Å². The molecule has 352 valence electrons. The second-order valence-corrected chi connectivity index (χ2v) is 14.2. The van der Waals surface area contributed by atoms with Gasteiger partial charge in [-0.05, 0) is 88.1 Å². The Morgan fingerprint density at radius 1 is 0.576 bits per heavy atom. The molecule has 3 atom stereocenters. The molecule has 0 amide bonds. The smallest absolute Gasteiger partial charge is 0.125 e. The summed E-state index contributed by atoms with van der Waals surface area (Å²) in [5.41, 5.74) is 7.59. The number of aromatic nitrogens is 16. The topological polar surface area (TPSA) is 259 Å². The van der Waals surface area contributed by atoms with Crippen LogP contribution in [-0.2, 0) is 98.5 Å². The molecule has 3 aliphatic heterocycles. The zero-order valence-corrected chi connectivity index (χ0v) is 48.0. The van der Waals surface area contributed by atoms with Crippen molar-refractivity contribution >= 4 is 56.3 Å². The summed E-state index contributed by atoms with van der Waals surface area (Å²) < 4.78 is 23.1. The Kier molecular flexibility index (Phi) is 24.2. The summed E-state index contributed by atoms with van der Waals surface area (Å²) in [4.78, 5) is 60.4. The van der Waals surface area contributed by atoms with Gasteiger partial charge in [0.2, 0.25) is 0 Å². The van der Waals surface area contributed by atoms with Gasteiger partial charge >= 0.3 is 0 Å². The standard InChI is InChI=1S/2C11H14N5O.C10H10ClN4O.C6H6N5.CH4.4W/c2*1-12-11-13-6-8-10(15-11)16(7-14-8)9-4-2-3-5-17-9;11-10-12-5-7-9(14-10)15(6-13-7)8-3-1-2-4-16-8;1-7-6-8-2-4-5(11-6)10-3-9-4;;;;;/h2*7,9H,2-5H2,1H3,(H,12,13,15);6,8H,1-4H2;3H,1H3,(H2,7,8,9,10,11);1H4;;;;/q4*-1;;;;;. The van der Waals surface area contributed by atoms with E-state index in [0.717, 1.165) is 87.2 Å². The summed E-state index contributed by atoms with van der Waals surface area (Å²) in [6.45, 7) is 2.40. The molecule has 0 saturated carbocycles. The zero-order valence-electron chi connectivity index (χ0n) is 35.5. The molecule has 0 aromatic carbocycles. The van der Waals surface area contributed by atoms with Crippen molar-refractivity contribution in [2.24, 2.45) is 15.0 Å². The van der Waals surface area contributed by atoms with Crippen LogP contribution >= 0.6 is 11.6 Å². The van der Waals surface area contributed by atoms with Gasteiger partial charge in [0.05, 0.1) is 31.0 Å². The number of nitrogens with zero attached hydrogens (tertiary/aromatic N) is 15. The van der Waals surface area contributed by atoms with Crippen molar-refractivity contribution < 1.29 is 98.5 Å². The predicted molar refractivity (Wildman–Crippen MR) is 225 cm³/mol. The van der Waals surface area contributed by atoms with E-state index in [2.05, 4.69) is 105 Å². The summed E-state index contributed by atoms with van der Waals surface area (Å²) in [6, 6.07) is 0. The van der Waals surface area contributed by atoms with Crippen LogP contribution in [0, 0.1) is 24.8 Å². The fourth-order valence-electron chi connectivity index (χ4n) is 6.88. The first-order chi connectivity index (χ1) is 30.0. The largest absolute Gasteiger partial charge is 0.415 e. The molecule has 3 aliphatic rings. The van der Waals surface area contributed by atoms with Gasteiger partial charge < -0.3 is 87.7 Å². The Balaban J connectivity index is 0.000000230. The van der Waals surface area contributed by atoms with Crippen molar-refractivity contribution in [3.63, 3.8) is 0 Å². The minimum absolute atomic E-state index is 0. The van der Waals surface area contributed by atoms with Gasteiger partial charge in [-0.15, -0.1) is 11.6 Å². The molecule has 3 unspecified atom stereocenters. The minimum atomic E-state index is 0. The van der Waals surface area contributed by atoms with Gasteiger partial charge in [-0.1, -0.05) is 7.43 Å². The molecule has 3 saturated heterocycles. The molecule has 66 heavy (non-hydrogen) atoms. The van der Waals surface area contributed by atoms with Crippen molar-refractivity contribution in [3.05, 3.63) is 72.2 Å². The molecule has 11 heterocycles. The molecule has 0 aliphatic carbocycles. The Hall–Kier alpha value is -3.48. The number of imidazole rings is 4. The molecule has 3 fully saturated rings. The van der Waals surface area contributed by atoms with Crippen LogP contribution in [0.15, 0.2) is 40.3 Å². The van der Waals surface area contributed by atoms with E-state index < -0.39 is 0 Å². The molecule has 0 bridgehead atoms. The number of halogens is 1. The van der Waals surface area contributed by atoms with Gasteiger partial charge in [0.25, 0.3) is 0 Å². The second kappa shape index (κ2) is 28.1. The summed E-state index contributed by atoms with van der Waals surface area (Å²) >= 11 is 5.75. The van der Waals surface area contributed by atoms with E-state index >= 15 is 0 Å². The number of hydrogen-bond acceptors (Lipinski definition) is 15. The van der Waals surface area contributed by atoms with Crippen LogP contribution < -0.4 is 16.9 Å². The fourth-order valence-corrected chi connectivity index (χ4v) is 7.00. The van der Waals surface area contributed by atoms with Gasteiger partial charge in [0.15, 0.2) is 0 Å². The van der Waals surface area contributed by atoms with E-state index in [1.807, 2.05) is 13.7 Å². The summed E-state index contributed by atoms with van der Waals surface area (Å²) in [6.07, 6.45) is 28.1. The van der Waals surface area contributed by atoms with Crippen LogP contribution in [0.3, 0.4) is 0 Å². The molecule has 4 N–H and O–H groups in total. The van der Waals surface area contributed by atoms with Crippen molar-refractivity contribution in [2.45, 2.75) is 83.9 Å². The van der Waals surface area contributed by atoms with Crippen LogP contribution in [0.5, 0.6) is 0 Å². The molecule has 22 nitrogen and oxygen atoms in total. The van der Waals surface area contributed by atoms with Gasteiger partial charge in [0.1, 0.15) is 40.8 Å². The average molecular weight is 1600 g/mol. The Morgan fingerprint density at radius 3 is 1.50 bits per heavy atom. The van der Waals surface area contributed by atoms with Crippen LogP contribution in [0.25, 0.3) is 44.7 Å². The molecule has 0 spiro atoms. The Bertz CT molecular complexity index is 2780. The van der Waals surface area contributed by atoms with Crippen LogP contribution in [0.1, 0.15) is 83.9 Å². The number of H-pyrrole nitrogens is 4. The third-order valence-electron chi connectivity index (χ3n) is 9.98. The van der Waals surface area contributed by atoms with Gasteiger partial charge in [-0.2, -0.15) is 0 Å². The summed E-state index contributed by atoms with van der Waals surface area (Å²) in [5, 5.41) is 0.185. The van der Waals surface area contributed by atoms with Crippen LogP contribution in [0.4, 0.5) is 0 Å². The number of ether oxygens (including phenoxy) is 3. The first kappa shape index (κ1) is 56.8. The first-order valence-electron chi connectivity index (χ1n) is 19.9. The van der Waals surface area contributed by atoms with Crippen LogP contribution in [0.2, 0.25) is 5.28 Å². The first-order valence-corrected chi connectivity index (χ1v) is 20.3. The average Bonchev–Trinajstić information content (AvgIpc) is 4.16. The number of hydrogen-bond donors (Lipinski definition) is 4. The van der Waals surface area contributed by atoms with E-state index in [1.165, 1.54) is 12.8 Å². The molecular weight excluding hydrogens is 1550 g/mol. The van der Waals surface area contributed by atoms with Crippen molar-refractivity contribution in [1.29, 1.82) is 0 Å². The zero-order chi connectivity index (χ0) is 42.0.